The second-order valence-corrected chi connectivity index (χ2v) is 9.44. The van der Waals surface area contributed by atoms with Gasteiger partial charge in [-0.05, 0) is 50.1 Å². The number of carbonyl (C=O) groups excluding carboxylic acids is 1. The van der Waals surface area contributed by atoms with E-state index in [1.807, 2.05) is 25.1 Å². The van der Waals surface area contributed by atoms with Crippen LogP contribution in [0.3, 0.4) is 0 Å². The summed E-state index contributed by atoms with van der Waals surface area (Å²) in [6.07, 6.45) is 3.57. The molecule has 1 spiro atoms. The van der Waals surface area contributed by atoms with Gasteiger partial charge in [-0.25, -0.2) is 0 Å². The van der Waals surface area contributed by atoms with Gasteiger partial charge in [0.25, 0.3) is 5.91 Å². The maximum Gasteiger partial charge on any atom is 0.312 e. The van der Waals surface area contributed by atoms with Crippen molar-refractivity contribution in [3.05, 3.63) is 55.5 Å². The molecule has 29 heavy (non-hydrogen) atoms. The van der Waals surface area contributed by atoms with E-state index in [0.717, 1.165) is 41.6 Å². The molecule has 3 aliphatic rings. The van der Waals surface area contributed by atoms with Crippen molar-refractivity contribution < 1.29 is 19.2 Å². The highest BCUT2D eigenvalue weighted by Crippen LogP contribution is 2.47. The number of carbonyl (C=O) groups is 1. The number of nitrogens with one attached hydrogen (secondary N) is 1. The van der Waals surface area contributed by atoms with Gasteiger partial charge in [0.1, 0.15) is 11.4 Å². The van der Waals surface area contributed by atoms with Crippen molar-refractivity contribution in [2.75, 3.05) is 5.32 Å². The van der Waals surface area contributed by atoms with Crippen LogP contribution >= 0.6 is 31.9 Å². The molecule has 7 nitrogen and oxygen atoms in total. The fourth-order valence-corrected chi connectivity index (χ4v) is 3.60. The molecule has 1 heterocycles. The van der Waals surface area contributed by atoms with Gasteiger partial charge in [0, 0.05) is 27.9 Å². The number of hydrogen-bond donors (Lipinski definition) is 1. The maximum absolute atomic E-state index is 11.6. The lowest BCUT2D eigenvalue weighted by Gasteiger charge is -2.25. The lowest BCUT2D eigenvalue weighted by atomic mass is 10.2. The Morgan fingerprint density at radius 1 is 1.10 bits per heavy atom. The third-order valence-corrected chi connectivity index (χ3v) is 6.03. The summed E-state index contributed by atoms with van der Waals surface area (Å²) in [6.45, 7) is 1.96. The molecule has 1 amide bonds. The summed E-state index contributed by atoms with van der Waals surface area (Å²) >= 11 is 6.55. The number of benzene rings is 2. The predicted octanol–water partition coefficient (Wildman–Crippen LogP) is 5.60. The van der Waals surface area contributed by atoms with E-state index in [-0.39, 0.29) is 17.2 Å². The SMILES string of the molecule is CC1(Oc2ccc(Br)cc2[N+](=O)[O-])CC1.O=C1Nc2cc(Br)ccc2OC12CC2. The molecule has 2 aromatic carbocycles. The van der Waals surface area contributed by atoms with E-state index in [1.165, 1.54) is 6.07 Å². The standard InChI is InChI=1S/C10H10BrNO3.C10H8BrNO2/c1-10(4-5-10)15-9-3-2-7(11)6-8(9)12(13)14;11-6-1-2-8-7(5-6)12-9(13)10(14-8)3-4-10/h2-3,6H,4-5H2,1H3;1-2,5H,3-4H2,(H,12,13). The summed E-state index contributed by atoms with van der Waals surface area (Å²) in [6, 6.07) is 10.5. The van der Waals surface area contributed by atoms with Gasteiger partial charge >= 0.3 is 5.69 Å². The number of nitrogens with zero attached hydrogens (tertiary/aromatic N) is 1. The number of rotatable bonds is 3. The van der Waals surface area contributed by atoms with E-state index in [1.54, 1.807) is 12.1 Å². The van der Waals surface area contributed by atoms with Crippen LogP contribution in [0.25, 0.3) is 0 Å². The zero-order valence-electron chi connectivity index (χ0n) is 15.5. The predicted molar refractivity (Wildman–Crippen MR) is 114 cm³/mol. The van der Waals surface area contributed by atoms with E-state index < -0.39 is 10.5 Å². The van der Waals surface area contributed by atoms with E-state index in [9.17, 15) is 14.9 Å². The van der Waals surface area contributed by atoms with Crippen LogP contribution in [0, 0.1) is 10.1 Å². The summed E-state index contributed by atoms with van der Waals surface area (Å²) in [7, 11) is 0. The van der Waals surface area contributed by atoms with Gasteiger partial charge < -0.3 is 14.8 Å². The van der Waals surface area contributed by atoms with Crippen molar-refractivity contribution >= 4 is 49.1 Å². The van der Waals surface area contributed by atoms with Crippen LogP contribution in [0.4, 0.5) is 11.4 Å². The maximum atomic E-state index is 11.6. The van der Waals surface area contributed by atoms with Crippen molar-refractivity contribution in [2.45, 2.75) is 43.8 Å². The fourth-order valence-electron chi connectivity index (χ4n) is 2.89. The average molecular weight is 526 g/mol. The Morgan fingerprint density at radius 2 is 1.76 bits per heavy atom. The van der Waals surface area contributed by atoms with Crippen molar-refractivity contribution in [3.63, 3.8) is 0 Å². The molecule has 0 saturated heterocycles. The number of anilines is 1. The van der Waals surface area contributed by atoms with Crippen molar-refractivity contribution in [2.24, 2.45) is 0 Å². The molecule has 0 unspecified atom stereocenters. The molecule has 2 aliphatic carbocycles. The summed E-state index contributed by atoms with van der Waals surface area (Å²) in [5.41, 5.74) is 0.0266. The third-order valence-electron chi connectivity index (χ3n) is 5.04. The minimum atomic E-state index is -0.541. The van der Waals surface area contributed by atoms with Gasteiger partial charge in [0.15, 0.2) is 11.4 Å². The van der Waals surface area contributed by atoms with E-state index in [0.29, 0.717) is 10.2 Å². The molecule has 2 aromatic rings. The summed E-state index contributed by atoms with van der Waals surface area (Å²) in [4.78, 5) is 22.0. The molecule has 2 fully saturated rings. The third kappa shape index (κ3) is 4.40. The van der Waals surface area contributed by atoms with Crippen LogP contribution < -0.4 is 14.8 Å². The van der Waals surface area contributed by atoms with Crippen LogP contribution in [0.2, 0.25) is 0 Å². The van der Waals surface area contributed by atoms with E-state index in [2.05, 4.69) is 37.2 Å². The van der Waals surface area contributed by atoms with Gasteiger partial charge in [-0.15, -0.1) is 0 Å². The molecule has 2 saturated carbocycles. The van der Waals surface area contributed by atoms with E-state index in [4.69, 9.17) is 9.47 Å². The molecule has 0 atom stereocenters. The first-order valence-electron chi connectivity index (χ1n) is 9.13. The Balaban J connectivity index is 0.000000141. The number of nitro groups is 1. The van der Waals surface area contributed by atoms with Crippen molar-refractivity contribution in [1.29, 1.82) is 0 Å². The Kier molecular flexibility index (Phi) is 5.06. The van der Waals surface area contributed by atoms with Crippen LogP contribution in [0.1, 0.15) is 32.6 Å². The molecule has 9 heteroatoms. The van der Waals surface area contributed by atoms with Gasteiger partial charge in [-0.3, -0.25) is 14.9 Å². The molecule has 1 aliphatic heterocycles. The highest BCUT2D eigenvalue weighted by atomic mass is 79.9. The number of hydrogen-bond acceptors (Lipinski definition) is 5. The first kappa shape index (κ1) is 20.2. The monoisotopic (exact) mass is 524 g/mol. The molecule has 152 valence electrons. The fraction of sp³-hybridized carbons (Fsp3) is 0.350. The van der Waals surface area contributed by atoms with Gasteiger partial charge in [0.05, 0.1) is 10.6 Å². The Labute approximate surface area is 184 Å². The van der Waals surface area contributed by atoms with Crippen LogP contribution in [-0.2, 0) is 4.79 Å². The highest BCUT2D eigenvalue weighted by Gasteiger charge is 2.55. The quantitative estimate of drug-likeness (QED) is 0.416. The summed E-state index contributed by atoms with van der Waals surface area (Å²) in [5, 5.41) is 13.6. The highest BCUT2D eigenvalue weighted by molar-refractivity contribution is 9.10. The second kappa shape index (κ2) is 7.28. The topological polar surface area (TPSA) is 90.7 Å². The number of amides is 1. The van der Waals surface area contributed by atoms with Gasteiger partial charge in [-0.1, -0.05) is 31.9 Å². The molecule has 0 bridgehead atoms. The average Bonchev–Trinajstić information content (AvgIpc) is 3.58. The van der Waals surface area contributed by atoms with Gasteiger partial charge in [0.2, 0.25) is 0 Å². The molecular weight excluding hydrogens is 508 g/mol. The van der Waals surface area contributed by atoms with E-state index >= 15 is 0 Å². The number of ether oxygens (including phenoxy) is 2. The first-order valence-corrected chi connectivity index (χ1v) is 10.7. The molecule has 0 aromatic heterocycles. The van der Waals surface area contributed by atoms with Crippen LogP contribution in [0.15, 0.2) is 45.3 Å². The Hall–Kier alpha value is -2.13. The lowest BCUT2D eigenvalue weighted by molar-refractivity contribution is -0.386. The molecular formula is C20H18Br2N2O5. The van der Waals surface area contributed by atoms with Gasteiger partial charge in [-0.2, -0.15) is 0 Å². The minimum absolute atomic E-state index is 0.0110. The molecule has 5 rings (SSSR count). The largest absolute Gasteiger partial charge is 0.481 e. The lowest BCUT2D eigenvalue weighted by Crippen LogP contribution is -2.38. The smallest absolute Gasteiger partial charge is 0.312 e. The van der Waals surface area contributed by atoms with Crippen LogP contribution in [0.5, 0.6) is 11.5 Å². The summed E-state index contributed by atoms with van der Waals surface area (Å²) < 4.78 is 12.9. The van der Waals surface area contributed by atoms with Crippen LogP contribution in [-0.4, -0.2) is 22.0 Å². The Bertz CT molecular complexity index is 1000. The zero-order chi connectivity index (χ0) is 20.8. The molecule has 0 radical (unpaired) electrons. The Morgan fingerprint density at radius 3 is 2.38 bits per heavy atom. The normalized spacial score (nSPS) is 19.1. The van der Waals surface area contributed by atoms with Crippen molar-refractivity contribution in [1.82, 2.24) is 0 Å². The zero-order valence-corrected chi connectivity index (χ0v) is 18.7. The number of fused-ring (bicyclic) bond motifs is 1. The number of halogens is 2. The van der Waals surface area contributed by atoms with Crippen molar-refractivity contribution in [3.8, 4) is 11.5 Å². The summed E-state index contributed by atoms with van der Waals surface area (Å²) in [5.74, 6) is 1.11. The minimum Gasteiger partial charge on any atom is -0.481 e. The second-order valence-electron chi connectivity index (χ2n) is 7.61. The first-order chi connectivity index (χ1) is 13.7. The number of nitro benzene ring substituents is 1. The molecule has 1 N–H and O–H groups in total.